The van der Waals surface area contributed by atoms with Gasteiger partial charge in [-0.1, -0.05) is 23.4 Å². The first-order valence-electron chi connectivity index (χ1n) is 7.18. The molecule has 0 unspecified atom stereocenters. The number of aryl methyl sites for hydroxylation is 1. The molecule has 1 aromatic heterocycles. The van der Waals surface area contributed by atoms with Crippen molar-refractivity contribution in [2.45, 2.75) is 32.9 Å². The van der Waals surface area contributed by atoms with Crippen molar-refractivity contribution >= 4 is 16.6 Å². The molecule has 1 N–H and O–H groups in total. The van der Waals surface area contributed by atoms with E-state index < -0.39 is 0 Å². The third-order valence-corrected chi connectivity index (χ3v) is 3.98. The Balaban J connectivity index is 1.81. The van der Waals surface area contributed by atoms with E-state index in [1.165, 1.54) is 10.9 Å². The molecule has 0 radical (unpaired) electrons. The molecule has 1 saturated heterocycles. The highest BCUT2D eigenvalue weighted by atomic mass is 16.4. The molecule has 0 atom stereocenters. The van der Waals surface area contributed by atoms with Crippen LogP contribution in [0, 0.1) is 0 Å². The predicted molar refractivity (Wildman–Crippen MR) is 79.1 cm³/mol. The third-order valence-electron chi connectivity index (χ3n) is 3.98. The van der Waals surface area contributed by atoms with Gasteiger partial charge in [-0.25, -0.2) is 0 Å². The number of benzene rings is 1. The fourth-order valence-electron chi connectivity index (χ4n) is 2.84. The summed E-state index contributed by atoms with van der Waals surface area (Å²) in [5.74, 6) is 0. The molecule has 1 aromatic carbocycles. The fourth-order valence-corrected chi connectivity index (χ4v) is 2.84. The summed E-state index contributed by atoms with van der Waals surface area (Å²) >= 11 is 0. The number of likely N-dealkylation sites (tertiary alicyclic amines) is 1. The smallest absolute Gasteiger partial charge is 0.0843 e. The molecule has 0 aliphatic carbocycles. The van der Waals surface area contributed by atoms with Gasteiger partial charge in [0.2, 0.25) is 0 Å². The summed E-state index contributed by atoms with van der Waals surface area (Å²) in [6, 6.07) is 8.40. The molecule has 1 aliphatic rings. The van der Waals surface area contributed by atoms with Crippen LogP contribution in [0.5, 0.6) is 0 Å². The second-order valence-corrected chi connectivity index (χ2v) is 5.22. The van der Waals surface area contributed by atoms with Crippen LogP contribution in [0.4, 0.5) is 0 Å². The van der Waals surface area contributed by atoms with E-state index >= 15 is 0 Å². The van der Waals surface area contributed by atoms with Crippen LogP contribution in [0.15, 0.2) is 29.4 Å². The number of rotatable bonds is 3. The number of nitrogens with zero attached hydrogens (tertiary/aromatic N) is 4. The zero-order chi connectivity index (χ0) is 13.9. The van der Waals surface area contributed by atoms with Gasteiger partial charge in [0, 0.05) is 44.4 Å². The van der Waals surface area contributed by atoms with Gasteiger partial charge < -0.3 is 5.21 Å². The lowest BCUT2D eigenvalue weighted by molar-refractivity contribution is 0.253. The molecule has 1 fully saturated rings. The Kier molecular flexibility index (Phi) is 3.69. The molecule has 106 valence electrons. The van der Waals surface area contributed by atoms with Crippen molar-refractivity contribution in [3.8, 4) is 0 Å². The Bertz CT molecular complexity index is 622. The molecule has 5 heteroatoms. The lowest BCUT2D eigenvalue weighted by Gasteiger charge is -2.26. The number of piperidine rings is 1. The molecule has 5 nitrogen and oxygen atoms in total. The second kappa shape index (κ2) is 5.63. The summed E-state index contributed by atoms with van der Waals surface area (Å²) in [7, 11) is 0. The van der Waals surface area contributed by atoms with E-state index in [1.54, 1.807) is 0 Å². The lowest BCUT2D eigenvalue weighted by Crippen LogP contribution is -2.33. The maximum Gasteiger partial charge on any atom is 0.0843 e. The van der Waals surface area contributed by atoms with Gasteiger partial charge in [-0.3, -0.25) is 9.58 Å². The lowest BCUT2D eigenvalue weighted by atomic mass is 10.1. The van der Waals surface area contributed by atoms with Crippen LogP contribution in [-0.2, 0) is 13.1 Å². The first-order valence-corrected chi connectivity index (χ1v) is 7.18. The number of hydrogen-bond acceptors (Lipinski definition) is 4. The molecular weight excluding hydrogens is 252 g/mol. The second-order valence-electron chi connectivity index (χ2n) is 5.22. The topological polar surface area (TPSA) is 53.7 Å². The van der Waals surface area contributed by atoms with Crippen LogP contribution in [0.25, 0.3) is 10.9 Å². The van der Waals surface area contributed by atoms with Crippen molar-refractivity contribution in [1.82, 2.24) is 14.7 Å². The van der Waals surface area contributed by atoms with Crippen LogP contribution in [0.3, 0.4) is 0 Å². The summed E-state index contributed by atoms with van der Waals surface area (Å²) in [5, 5.41) is 18.1. The summed E-state index contributed by atoms with van der Waals surface area (Å²) in [6.07, 6.45) is 1.70. The fraction of sp³-hybridized carbons (Fsp3) is 0.467. The van der Waals surface area contributed by atoms with Gasteiger partial charge in [0.25, 0.3) is 0 Å². The highest BCUT2D eigenvalue weighted by molar-refractivity contribution is 5.85. The Morgan fingerprint density at radius 3 is 2.70 bits per heavy atom. The summed E-state index contributed by atoms with van der Waals surface area (Å²) in [6.45, 7) is 5.75. The van der Waals surface area contributed by atoms with E-state index in [4.69, 9.17) is 10.3 Å². The minimum absolute atomic E-state index is 0.850. The number of oxime groups is 1. The first-order chi connectivity index (χ1) is 9.81. The average Bonchev–Trinajstić information content (AvgIpc) is 2.86. The summed E-state index contributed by atoms with van der Waals surface area (Å²) < 4.78 is 2.06. The number of hydrogen-bond donors (Lipinski definition) is 1. The number of aromatic nitrogens is 2. The van der Waals surface area contributed by atoms with Gasteiger partial charge in [-0.2, -0.15) is 5.10 Å². The van der Waals surface area contributed by atoms with E-state index in [0.29, 0.717) is 0 Å². The highest BCUT2D eigenvalue weighted by Crippen LogP contribution is 2.21. The molecule has 0 bridgehead atoms. The van der Waals surface area contributed by atoms with Crippen LogP contribution in [0.1, 0.15) is 25.5 Å². The Labute approximate surface area is 118 Å². The van der Waals surface area contributed by atoms with Crippen LogP contribution >= 0.6 is 0 Å². The largest absolute Gasteiger partial charge is 0.411 e. The Morgan fingerprint density at radius 2 is 2.00 bits per heavy atom. The predicted octanol–water partition coefficient (Wildman–Crippen LogP) is 2.48. The van der Waals surface area contributed by atoms with Crippen molar-refractivity contribution in [3.05, 3.63) is 30.0 Å². The molecule has 3 rings (SSSR count). The van der Waals surface area contributed by atoms with Gasteiger partial charge in [0.05, 0.1) is 16.9 Å². The zero-order valence-electron chi connectivity index (χ0n) is 11.8. The maximum absolute atomic E-state index is 8.80. The van der Waals surface area contributed by atoms with E-state index in [9.17, 15) is 0 Å². The maximum atomic E-state index is 8.80. The van der Waals surface area contributed by atoms with Gasteiger partial charge in [0.15, 0.2) is 0 Å². The normalized spacial score (nSPS) is 16.8. The van der Waals surface area contributed by atoms with E-state index in [2.05, 4.69) is 45.9 Å². The molecule has 2 aromatic rings. The minimum atomic E-state index is 0.850. The Hall–Kier alpha value is -1.88. The standard InChI is InChI=1S/C15H20N4O/c1-2-19-15-6-4-3-5-13(15)14(16-19)11-18-9-7-12(17-20)8-10-18/h3-6,20H,2,7-11H2,1H3. The quantitative estimate of drug-likeness (QED) is 0.690. The van der Waals surface area contributed by atoms with Crippen molar-refractivity contribution < 1.29 is 5.21 Å². The number of fused-ring (bicyclic) bond motifs is 1. The molecule has 0 amide bonds. The highest BCUT2D eigenvalue weighted by Gasteiger charge is 2.18. The van der Waals surface area contributed by atoms with E-state index in [0.717, 1.165) is 50.4 Å². The van der Waals surface area contributed by atoms with Gasteiger partial charge >= 0.3 is 0 Å². The molecule has 20 heavy (non-hydrogen) atoms. The SMILES string of the molecule is CCn1nc(CN2CCC(=NO)CC2)c2ccccc21. The van der Waals surface area contributed by atoms with Crippen molar-refractivity contribution in [3.63, 3.8) is 0 Å². The molecule has 0 spiro atoms. The van der Waals surface area contributed by atoms with Crippen LogP contribution in [-0.4, -0.2) is 38.7 Å². The molecule has 1 aliphatic heterocycles. The van der Waals surface area contributed by atoms with E-state index in [1.807, 2.05) is 0 Å². The monoisotopic (exact) mass is 272 g/mol. The van der Waals surface area contributed by atoms with Crippen molar-refractivity contribution in [2.75, 3.05) is 13.1 Å². The van der Waals surface area contributed by atoms with Crippen molar-refractivity contribution in [1.29, 1.82) is 0 Å². The summed E-state index contributed by atoms with van der Waals surface area (Å²) in [5.41, 5.74) is 3.26. The van der Waals surface area contributed by atoms with Gasteiger partial charge in [0.1, 0.15) is 0 Å². The first kappa shape index (κ1) is 13.1. The van der Waals surface area contributed by atoms with Gasteiger partial charge in [-0.15, -0.1) is 0 Å². The number of para-hydroxylation sites is 1. The van der Waals surface area contributed by atoms with Gasteiger partial charge in [-0.05, 0) is 13.0 Å². The zero-order valence-corrected chi connectivity index (χ0v) is 11.8. The third kappa shape index (κ3) is 2.41. The molecular formula is C15H20N4O. The van der Waals surface area contributed by atoms with Crippen LogP contribution < -0.4 is 0 Å². The Morgan fingerprint density at radius 1 is 1.25 bits per heavy atom. The molecule has 2 heterocycles. The van der Waals surface area contributed by atoms with E-state index in [-0.39, 0.29) is 0 Å². The molecule has 0 saturated carbocycles. The van der Waals surface area contributed by atoms with Crippen LogP contribution in [0.2, 0.25) is 0 Å². The van der Waals surface area contributed by atoms with Crippen molar-refractivity contribution in [2.24, 2.45) is 5.16 Å². The minimum Gasteiger partial charge on any atom is -0.411 e. The summed E-state index contributed by atoms with van der Waals surface area (Å²) in [4.78, 5) is 2.38. The average molecular weight is 272 g/mol.